The van der Waals surface area contributed by atoms with Gasteiger partial charge >= 0.3 is 0 Å². The van der Waals surface area contributed by atoms with Gasteiger partial charge in [-0.05, 0) is 51.9 Å². The molecule has 1 atom stereocenters. The molecule has 26 heavy (non-hydrogen) atoms. The lowest BCUT2D eigenvalue weighted by Crippen LogP contribution is -2.26. The fraction of sp³-hybridized carbons (Fsp3) is 0.652. The number of allylic oxidation sites excluding steroid dienone is 8. The van der Waals surface area contributed by atoms with Gasteiger partial charge in [0.15, 0.2) is 0 Å². The summed E-state index contributed by atoms with van der Waals surface area (Å²) in [5.41, 5.74) is 0. The molecule has 0 radical (unpaired) electrons. The van der Waals surface area contributed by atoms with E-state index in [-0.39, 0.29) is 19.3 Å². The van der Waals surface area contributed by atoms with E-state index in [1.165, 1.54) is 25.7 Å². The Morgan fingerprint density at radius 2 is 1.23 bits per heavy atom. The topological polar surface area (TPSA) is 49.7 Å². The first-order valence-electron chi connectivity index (χ1n) is 10.2. The van der Waals surface area contributed by atoms with Crippen LogP contribution in [0, 0.1) is 0 Å². The Bertz CT molecular complexity index is 392. The number of rotatable bonds is 17. The standard InChI is InChI=1S/C23H40O3/c1-3-4-5-6-7-8-9-10-11-12-13-14-15-16-17-18-19-22(2)26-23(20-24)21-25/h7-8,10-11,13-14,16-17,22-25H,3-6,9,12,15,18-21H2,1-2H3. The monoisotopic (exact) mass is 364 g/mol. The first kappa shape index (κ1) is 24.8. The van der Waals surface area contributed by atoms with Crippen molar-refractivity contribution in [3.8, 4) is 0 Å². The molecule has 0 bridgehead atoms. The van der Waals surface area contributed by atoms with E-state index < -0.39 is 6.10 Å². The van der Waals surface area contributed by atoms with Gasteiger partial charge in [-0.1, -0.05) is 68.4 Å². The molecular weight excluding hydrogens is 324 g/mol. The van der Waals surface area contributed by atoms with E-state index in [2.05, 4.69) is 55.5 Å². The van der Waals surface area contributed by atoms with E-state index in [1.807, 2.05) is 6.92 Å². The summed E-state index contributed by atoms with van der Waals surface area (Å²) in [5.74, 6) is 0. The maximum atomic E-state index is 8.97. The van der Waals surface area contributed by atoms with Crippen LogP contribution in [0.1, 0.15) is 71.6 Å². The van der Waals surface area contributed by atoms with Crippen LogP contribution in [0.5, 0.6) is 0 Å². The minimum absolute atomic E-state index is 0.0466. The van der Waals surface area contributed by atoms with Gasteiger partial charge in [0.25, 0.3) is 0 Å². The molecule has 3 heteroatoms. The highest BCUT2D eigenvalue weighted by molar-refractivity contribution is 4.99. The highest BCUT2D eigenvalue weighted by atomic mass is 16.5. The van der Waals surface area contributed by atoms with E-state index >= 15 is 0 Å². The predicted molar refractivity (Wildman–Crippen MR) is 112 cm³/mol. The molecule has 2 N–H and O–H groups in total. The normalized spacial score (nSPS) is 14.0. The summed E-state index contributed by atoms with van der Waals surface area (Å²) < 4.78 is 5.51. The maximum absolute atomic E-state index is 8.97. The van der Waals surface area contributed by atoms with Gasteiger partial charge in [-0.3, -0.25) is 0 Å². The van der Waals surface area contributed by atoms with Gasteiger partial charge in [-0.25, -0.2) is 0 Å². The number of hydrogen-bond acceptors (Lipinski definition) is 3. The Balaban J connectivity index is 3.56. The van der Waals surface area contributed by atoms with E-state index in [9.17, 15) is 0 Å². The van der Waals surface area contributed by atoms with E-state index in [0.717, 1.165) is 32.1 Å². The minimum atomic E-state index is -0.457. The molecule has 0 aromatic heterocycles. The van der Waals surface area contributed by atoms with Crippen molar-refractivity contribution >= 4 is 0 Å². The van der Waals surface area contributed by atoms with Crippen LogP contribution in [0.4, 0.5) is 0 Å². The Labute approximate surface area is 161 Å². The fourth-order valence-electron chi connectivity index (χ4n) is 2.43. The largest absolute Gasteiger partial charge is 0.394 e. The minimum Gasteiger partial charge on any atom is -0.394 e. The van der Waals surface area contributed by atoms with Crippen LogP contribution in [0.2, 0.25) is 0 Å². The van der Waals surface area contributed by atoms with Crippen LogP contribution in [-0.4, -0.2) is 35.6 Å². The molecule has 0 aliphatic heterocycles. The fourth-order valence-corrected chi connectivity index (χ4v) is 2.43. The van der Waals surface area contributed by atoms with Crippen molar-refractivity contribution in [1.29, 1.82) is 0 Å². The Hall–Kier alpha value is -1.16. The lowest BCUT2D eigenvalue weighted by Gasteiger charge is -2.18. The second-order valence-corrected chi connectivity index (χ2v) is 6.60. The summed E-state index contributed by atoms with van der Waals surface area (Å²) in [5, 5.41) is 17.9. The lowest BCUT2D eigenvalue weighted by atomic mass is 10.2. The first-order valence-corrected chi connectivity index (χ1v) is 10.2. The number of hydrogen-bond donors (Lipinski definition) is 2. The number of ether oxygens (including phenoxy) is 1. The third-order valence-electron chi connectivity index (χ3n) is 4.03. The summed E-state index contributed by atoms with van der Waals surface area (Å²) in [6, 6.07) is 0. The molecule has 0 aliphatic rings. The average molecular weight is 365 g/mol. The van der Waals surface area contributed by atoms with Crippen molar-refractivity contribution in [1.82, 2.24) is 0 Å². The Kier molecular flexibility index (Phi) is 19.3. The quantitative estimate of drug-likeness (QED) is 0.265. The van der Waals surface area contributed by atoms with Gasteiger partial charge in [0.1, 0.15) is 6.10 Å². The van der Waals surface area contributed by atoms with Crippen LogP contribution < -0.4 is 0 Å². The maximum Gasteiger partial charge on any atom is 0.104 e. The smallest absolute Gasteiger partial charge is 0.104 e. The third kappa shape index (κ3) is 17.7. The summed E-state index contributed by atoms with van der Waals surface area (Å²) in [4.78, 5) is 0. The average Bonchev–Trinajstić information content (AvgIpc) is 2.65. The van der Waals surface area contributed by atoms with Gasteiger partial charge in [-0.15, -0.1) is 0 Å². The van der Waals surface area contributed by atoms with Crippen LogP contribution in [0.15, 0.2) is 48.6 Å². The van der Waals surface area contributed by atoms with Crippen LogP contribution in [-0.2, 0) is 4.74 Å². The van der Waals surface area contributed by atoms with Gasteiger partial charge < -0.3 is 14.9 Å². The predicted octanol–water partition coefficient (Wildman–Crippen LogP) is 5.50. The molecule has 0 heterocycles. The molecule has 0 saturated carbocycles. The summed E-state index contributed by atoms with van der Waals surface area (Å²) >= 11 is 0. The summed E-state index contributed by atoms with van der Waals surface area (Å²) in [7, 11) is 0. The van der Waals surface area contributed by atoms with Crippen LogP contribution in [0.3, 0.4) is 0 Å². The number of aliphatic hydroxyl groups excluding tert-OH is 2. The van der Waals surface area contributed by atoms with E-state index in [4.69, 9.17) is 14.9 Å². The van der Waals surface area contributed by atoms with Crippen LogP contribution in [0.25, 0.3) is 0 Å². The first-order chi connectivity index (χ1) is 12.7. The van der Waals surface area contributed by atoms with Crippen molar-refractivity contribution in [2.75, 3.05) is 13.2 Å². The third-order valence-corrected chi connectivity index (χ3v) is 4.03. The van der Waals surface area contributed by atoms with Gasteiger partial charge in [-0.2, -0.15) is 0 Å². The molecule has 0 saturated heterocycles. The Morgan fingerprint density at radius 3 is 1.73 bits per heavy atom. The summed E-state index contributed by atoms with van der Waals surface area (Å²) in [6.45, 7) is 3.94. The molecule has 3 nitrogen and oxygen atoms in total. The van der Waals surface area contributed by atoms with Crippen molar-refractivity contribution in [2.45, 2.75) is 83.8 Å². The molecule has 1 unspecified atom stereocenters. The molecule has 0 aliphatic carbocycles. The highest BCUT2D eigenvalue weighted by Crippen LogP contribution is 2.06. The molecule has 0 amide bonds. The second-order valence-electron chi connectivity index (χ2n) is 6.60. The van der Waals surface area contributed by atoms with Crippen LogP contribution >= 0.6 is 0 Å². The number of unbranched alkanes of at least 4 members (excludes halogenated alkanes) is 3. The zero-order chi connectivity index (χ0) is 19.3. The van der Waals surface area contributed by atoms with E-state index in [0.29, 0.717) is 0 Å². The summed E-state index contributed by atoms with van der Waals surface area (Å²) in [6.07, 6.45) is 27.3. The molecule has 0 aromatic carbocycles. The molecular formula is C23H40O3. The van der Waals surface area contributed by atoms with E-state index in [1.54, 1.807) is 0 Å². The molecule has 0 spiro atoms. The Morgan fingerprint density at radius 1 is 0.731 bits per heavy atom. The van der Waals surface area contributed by atoms with Crippen molar-refractivity contribution in [2.24, 2.45) is 0 Å². The van der Waals surface area contributed by atoms with Crippen molar-refractivity contribution < 1.29 is 14.9 Å². The molecule has 0 fully saturated rings. The zero-order valence-corrected chi connectivity index (χ0v) is 16.9. The van der Waals surface area contributed by atoms with Gasteiger partial charge in [0.2, 0.25) is 0 Å². The zero-order valence-electron chi connectivity index (χ0n) is 16.9. The van der Waals surface area contributed by atoms with Crippen molar-refractivity contribution in [3.63, 3.8) is 0 Å². The lowest BCUT2D eigenvalue weighted by molar-refractivity contribution is -0.0582. The molecule has 0 rings (SSSR count). The molecule has 150 valence electrons. The van der Waals surface area contributed by atoms with Crippen molar-refractivity contribution in [3.05, 3.63) is 48.6 Å². The highest BCUT2D eigenvalue weighted by Gasteiger charge is 2.10. The number of aliphatic hydroxyl groups is 2. The second kappa shape index (κ2) is 20.2. The SMILES string of the molecule is CCCCCC=CCC=CCC=CCC=CCCC(C)OC(CO)CO. The molecule has 0 aromatic rings. The van der Waals surface area contributed by atoms with Gasteiger partial charge in [0.05, 0.1) is 19.3 Å². The van der Waals surface area contributed by atoms with Gasteiger partial charge in [0, 0.05) is 0 Å².